The molecule has 0 fully saturated rings. The Morgan fingerprint density at radius 3 is 2.47 bits per heavy atom. The van der Waals surface area contributed by atoms with Gasteiger partial charge in [0.25, 0.3) is 0 Å². The average molecular weight is 234 g/mol. The van der Waals surface area contributed by atoms with E-state index in [4.69, 9.17) is 0 Å². The van der Waals surface area contributed by atoms with Crippen LogP contribution in [0.25, 0.3) is 0 Å². The quantitative estimate of drug-likeness (QED) is 0.700. The number of nitrogens with zero attached hydrogens (tertiary/aromatic N) is 2. The Morgan fingerprint density at radius 1 is 1.18 bits per heavy atom. The van der Waals surface area contributed by atoms with Crippen LogP contribution in [0.15, 0.2) is 24.3 Å². The Bertz CT molecular complexity index is 374. The second-order valence-corrected chi connectivity index (χ2v) is 4.83. The minimum atomic E-state index is 0.190. The van der Waals surface area contributed by atoms with Gasteiger partial charge < -0.3 is 4.90 Å². The van der Waals surface area contributed by atoms with Gasteiger partial charge in [0, 0.05) is 18.7 Å². The number of carbonyl (C=O) groups is 1. The summed E-state index contributed by atoms with van der Waals surface area (Å²) in [5, 5.41) is 0. The molecule has 3 nitrogen and oxygen atoms in total. The molecular weight excluding hydrogens is 212 g/mol. The number of hydrogen-bond acceptors (Lipinski definition) is 3. The van der Waals surface area contributed by atoms with Crippen molar-refractivity contribution in [1.82, 2.24) is 9.80 Å². The molecule has 0 atom stereocenters. The molecule has 0 heterocycles. The van der Waals surface area contributed by atoms with Gasteiger partial charge in [-0.25, -0.2) is 0 Å². The normalized spacial score (nSPS) is 11.2. The van der Waals surface area contributed by atoms with Gasteiger partial charge in [0.1, 0.15) is 0 Å². The highest BCUT2D eigenvalue weighted by Gasteiger charge is 2.09. The first kappa shape index (κ1) is 13.9. The maximum absolute atomic E-state index is 12.0. The van der Waals surface area contributed by atoms with E-state index in [2.05, 4.69) is 9.80 Å². The van der Waals surface area contributed by atoms with Crippen LogP contribution in [0, 0.1) is 6.92 Å². The number of benzene rings is 1. The van der Waals surface area contributed by atoms with Crippen LogP contribution in [0.4, 0.5) is 0 Å². The van der Waals surface area contributed by atoms with Crippen LogP contribution in [-0.2, 0) is 0 Å². The second kappa shape index (κ2) is 6.52. The lowest BCUT2D eigenvalue weighted by molar-refractivity contribution is 0.0942. The molecule has 94 valence electrons. The van der Waals surface area contributed by atoms with Crippen LogP contribution in [0.5, 0.6) is 0 Å². The summed E-state index contributed by atoms with van der Waals surface area (Å²) in [6.07, 6.45) is 0. The number of rotatable bonds is 6. The van der Waals surface area contributed by atoms with Gasteiger partial charge in [0.2, 0.25) is 0 Å². The standard InChI is InChI=1S/C14H22N2O/c1-12-6-5-7-13(10-12)14(17)11-16(4)9-8-15(2)3/h5-7,10H,8-9,11H2,1-4H3. The van der Waals surface area contributed by atoms with Gasteiger partial charge in [-0.2, -0.15) is 0 Å². The summed E-state index contributed by atoms with van der Waals surface area (Å²) in [4.78, 5) is 16.2. The number of Topliss-reactive ketones (excluding diaryl/α,β-unsaturated/α-hetero) is 1. The summed E-state index contributed by atoms with van der Waals surface area (Å²) in [5.41, 5.74) is 1.94. The molecule has 3 heteroatoms. The molecule has 0 unspecified atom stereocenters. The van der Waals surface area contributed by atoms with E-state index < -0.39 is 0 Å². The third-order valence-corrected chi connectivity index (χ3v) is 2.68. The van der Waals surface area contributed by atoms with Gasteiger partial charge in [0.05, 0.1) is 6.54 Å². The van der Waals surface area contributed by atoms with E-state index in [0.29, 0.717) is 6.54 Å². The van der Waals surface area contributed by atoms with Crippen LogP contribution in [0.1, 0.15) is 15.9 Å². The van der Waals surface area contributed by atoms with Crippen molar-refractivity contribution in [2.24, 2.45) is 0 Å². The summed E-state index contributed by atoms with van der Waals surface area (Å²) >= 11 is 0. The molecule has 1 aromatic rings. The fourth-order valence-electron chi connectivity index (χ4n) is 1.60. The first-order chi connectivity index (χ1) is 7.99. The topological polar surface area (TPSA) is 23.6 Å². The minimum Gasteiger partial charge on any atom is -0.308 e. The van der Waals surface area contributed by atoms with Gasteiger partial charge in [-0.15, -0.1) is 0 Å². The highest BCUT2D eigenvalue weighted by atomic mass is 16.1. The number of carbonyl (C=O) groups excluding carboxylic acids is 1. The predicted molar refractivity (Wildman–Crippen MR) is 71.6 cm³/mol. The van der Waals surface area contributed by atoms with E-state index in [1.165, 1.54) is 0 Å². The van der Waals surface area contributed by atoms with Gasteiger partial charge in [-0.05, 0) is 34.1 Å². The first-order valence-corrected chi connectivity index (χ1v) is 5.92. The molecule has 17 heavy (non-hydrogen) atoms. The molecule has 1 aromatic carbocycles. The monoisotopic (exact) mass is 234 g/mol. The van der Waals surface area contributed by atoms with Crippen LogP contribution in [0.2, 0.25) is 0 Å². The fraction of sp³-hybridized carbons (Fsp3) is 0.500. The molecule has 1 rings (SSSR count). The Hall–Kier alpha value is -1.19. The maximum Gasteiger partial charge on any atom is 0.176 e. The van der Waals surface area contributed by atoms with Gasteiger partial charge in [-0.1, -0.05) is 23.8 Å². The number of likely N-dealkylation sites (N-methyl/N-ethyl adjacent to an activating group) is 2. The van der Waals surface area contributed by atoms with Crippen molar-refractivity contribution in [3.63, 3.8) is 0 Å². The van der Waals surface area contributed by atoms with Gasteiger partial charge in [-0.3, -0.25) is 9.69 Å². The van der Waals surface area contributed by atoms with Crippen molar-refractivity contribution >= 4 is 5.78 Å². The molecule has 0 N–H and O–H groups in total. The molecule has 0 aliphatic rings. The van der Waals surface area contributed by atoms with Crippen molar-refractivity contribution in [2.75, 3.05) is 40.8 Å². The smallest absolute Gasteiger partial charge is 0.176 e. The molecule has 0 aromatic heterocycles. The fourth-order valence-corrected chi connectivity index (χ4v) is 1.60. The molecular formula is C14H22N2O. The molecule has 0 bridgehead atoms. The van der Waals surface area contributed by atoms with Crippen molar-refractivity contribution < 1.29 is 4.79 Å². The van der Waals surface area contributed by atoms with E-state index >= 15 is 0 Å². The summed E-state index contributed by atoms with van der Waals surface area (Å²) in [7, 11) is 6.06. The first-order valence-electron chi connectivity index (χ1n) is 5.92. The Morgan fingerprint density at radius 2 is 1.88 bits per heavy atom. The zero-order valence-electron chi connectivity index (χ0n) is 11.2. The second-order valence-electron chi connectivity index (χ2n) is 4.83. The van der Waals surface area contributed by atoms with E-state index in [-0.39, 0.29) is 5.78 Å². The van der Waals surface area contributed by atoms with Crippen LogP contribution in [0.3, 0.4) is 0 Å². The third kappa shape index (κ3) is 5.11. The largest absolute Gasteiger partial charge is 0.308 e. The summed E-state index contributed by atoms with van der Waals surface area (Å²) < 4.78 is 0. The summed E-state index contributed by atoms with van der Waals surface area (Å²) in [6, 6.07) is 7.77. The number of hydrogen-bond donors (Lipinski definition) is 0. The number of aryl methyl sites for hydroxylation is 1. The highest BCUT2D eigenvalue weighted by molar-refractivity contribution is 5.97. The zero-order chi connectivity index (χ0) is 12.8. The Balaban J connectivity index is 2.49. The molecule has 0 spiro atoms. The third-order valence-electron chi connectivity index (χ3n) is 2.68. The van der Waals surface area contributed by atoms with Crippen LogP contribution < -0.4 is 0 Å². The van der Waals surface area contributed by atoms with Crippen LogP contribution >= 0.6 is 0 Å². The SMILES string of the molecule is Cc1cccc(C(=O)CN(C)CCN(C)C)c1. The van der Waals surface area contributed by atoms with Crippen LogP contribution in [-0.4, -0.2) is 56.4 Å². The lowest BCUT2D eigenvalue weighted by Crippen LogP contribution is -2.32. The Kier molecular flexibility index (Phi) is 5.32. The predicted octanol–water partition coefficient (Wildman–Crippen LogP) is 1.67. The molecule has 0 aliphatic carbocycles. The summed E-state index contributed by atoms with van der Waals surface area (Å²) in [6.45, 7) is 4.37. The molecule has 0 amide bonds. The van der Waals surface area contributed by atoms with Gasteiger partial charge in [0.15, 0.2) is 5.78 Å². The maximum atomic E-state index is 12.0. The lowest BCUT2D eigenvalue weighted by Gasteiger charge is -2.18. The average Bonchev–Trinajstić information content (AvgIpc) is 2.26. The van der Waals surface area contributed by atoms with E-state index in [1.807, 2.05) is 52.3 Å². The summed E-state index contributed by atoms with van der Waals surface area (Å²) in [5.74, 6) is 0.190. The Labute approximate surface area is 104 Å². The van der Waals surface area contributed by atoms with Crippen molar-refractivity contribution in [3.05, 3.63) is 35.4 Å². The van der Waals surface area contributed by atoms with Crippen molar-refractivity contribution in [1.29, 1.82) is 0 Å². The highest BCUT2D eigenvalue weighted by Crippen LogP contribution is 2.05. The van der Waals surface area contributed by atoms with Gasteiger partial charge >= 0.3 is 0 Å². The molecule has 0 saturated heterocycles. The minimum absolute atomic E-state index is 0.190. The van der Waals surface area contributed by atoms with Crippen molar-refractivity contribution in [3.8, 4) is 0 Å². The van der Waals surface area contributed by atoms with Crippen molar-refractivity contribution in [2.45, 2.75) is 6.92 Å². The zero-order valence-corrected chi connectivity index (χ0v) is 11.2. The van der Waals surface area contributed by atoms with E-state index in [9.17, 15) is 4.79 Å². The number of ketones is 1. The van der Waals surface area contributed by atoms with E-state index in [1.54, 1.807) is 0 Å². The molecule has 0 radical (unpaired) electrons. The lowest BCUT2D eigenvalue weighted by atomic mass is 10.1. The molecule has 0 aliphatic heterocycles. The van der Waals surface area contributed by atoms with E-state index in [0.717, 1.165) is 24.2 Å². The molecule has 0 saturated carbocycles.